The first-order valence-corrected chi connectivity index (χ1v) is 5.60. The topological polar surface area (TPSA) is 55.9 Å². The Morgan fingerprint density at radius 3 is 2.80 bits per heavy atom. The van der Waals surface area contributed by atoms with Crippen molar-refractivity contribution in [3.63, 3.8) is 0 Å². The Bertz CT molecular complexity index is 405. The molecule has 0 amide bonds. The third kappa shape index (κ3) is 1.81. The number of thiophene rings is 1. The summed E-state index contributed by atoms with van der Waals surface area (Å²) in [6.45, 7) is 2.10. The molecule has 0 bridgehead atoms. The van der Waals surface area contributed by atoms with Crippen LogP contribution in [0.3, 0.4) is 0 Å². The van der Waals surface area contributed by atoms with Crippen molar-refractivity contribution in [1.82, 2.24) is 15.2 Å². The number of aromatic nitrogens is 2. The van der Waals surface area contributed by atoms with Gasteiger partial charge >= 0.3 is 0 Å². The smallest absolute Gasteiger partial charge is 0.0888 e. The summed E-state index contributed by atoms with van der Waals surface area (Å²) in [6.07, 6.45) is 1.78. The number of hydrogen-bond acceptors (Lipinski definition) is 4. The second kappa shape index (κ2) is 4.14. The Balaban J connectivity index is 2.41. The van der Waals surface area contributed by atoms with Crippen molar-refractivity contribution >= 4 is 11.3 Å². The molecule has 0 radical (unpaired) electrons. The molecule has 0 aromatic carbocycles. The molecule has 0 saturated carbocycles. The van der Waals surface area contributed by atoms with Crippen LogP contribution < -0.4 is 11.3 Å². The van der Waals surface area contributed by atoms with E-state index in [-0.39, 0.29) is 6.04 Å². The van der Waals surface area contributed by atoms with Gasteiger partial charge in [-0.25, -0.2) is 5.43 Å². The Labute approximate surface area is 92.7 Å². The van der Waals surface area contributed by atoms with E-state index >= 15 is 0 Å². The molecule has 0 aliphatic carbocycles. The second-order valence-electron chi connectivity index (χ2n) is 3.41. The van der Waals surface area contributed by atoms with Crippen LogP contribution in [0.1, 0.15) is 22.2 Å². The summed E-state index contributed by atoms with van der Waals surface area (Å²) in [4.78, 5) is 1.28. The fourth-order valence-corrected chi connectivity index (χ4v) is 2.44. The minimum Gasteiger partial charge on any atom is -0.271 e. The van der Waals surface area contributed by atoms with Gasteiger partial charge in [0, 0.05) is 18.1 Å². The standard InChI is InChI=1S/C10H14N4S/c1-7-8(4-6-15-7)10(13-11)9-3-5-12-14(9)2/h3-6,10,13H,11H2,1-2H3. The Kier molecular flexibility index (Phi) is 2.86. The SMILES string of the molecule is Cc1sccc1C(NN)c1ccnn1C. The first-order chi connectivity index (χ1) is 7.24. The lowest BCUT2D eigenvalue weighted by Crippen LogP contribution is -2.30. The third-order valence-electron chi connectivity index (χ3n) is 2.53. The quantitative estimate of drug-likeness (QED) is 0.608. The van der Waals surface area contributed by atoms with Crippen molar-refractivity contribution in [1.29, 1.82) is 0 Å². The van der Waals surface area contributed by atoms with Crippen LogP contribution in [-0.2, 0) is 7.05 Å². The number of hydrogen-bond donors (Lipinski definition) is 2. The summed E-state index contributed by atoms with van der Waals surface area (Å²) in [6, 6.07) is 4.09. The Hall–Kier alpha value is -1.17. The van der Waals surface area contributed by atoms with Gasteiger partial charge in [0.15, 0.2) is 0 Å². The highest BCUT2D eigenvalue weighted by Crippen LogP contribution is 2.26. The van der Waals surface area contributed by atoms with Crippen LogP contribution in [0.15, 0.2) is 23.7 Å². The lowest BCUT2D eigenvalue weighted by atomic mass is 10.1. The largest absolute Gasteiger partial charge is 0.271 e. The Morgan fingerprint density at radius 1 is 1.53 bits per heavy atom. The van der Waals surface area contributed by atoms with Gasteiger partial charge in [-0.2, -0.15) is 5.10 Å². The first kappa shape index (κ1) is 10.4. The molecule has 0 spiro atoms. The number of hydrazine groups is 1. The molecule has 3 N–H and O–H groups in total. The predicted molar refractivity (Wildman–Crippen MR) is 61.4 cm³/mol. The van der Waals surface area contributed by atoms with E-state index in [0.29, 0.717) is 0 Å². The van der Waals surface area contributed by atoms with Crippen LogP contribution in [0.2, 0.25) is 0 Å². The van der Waals surface area contributed by atoms with Gasteiger partial charge in [0.2, 0.25) is 0 Å². The maximum atomic E-state index is 5.61. The van der Waals surface area contributed by atoms with Crippen molar-refractivity contribution < 1.29 is 0 Å². The summed E-state index contributed by atoms with van der Waals surface area (Å²) >= 11 is 1.73. The lowest BCUT2D eigenvalue weighted by molar-refractivity contribution is 0.574. The molecular formula is C10H14N4S. The van der Waals surface area contributed by atoms with Gasteiger partial charge in [-0.1, -0.05) is 0 Å². The second-order valence-corrected chi connectivity index (χ2v) is 4.53. The molecule has 2 rings (SSSR count). The van der Waals surface area contributed by atoms with Crippen molar-refractivity contribution in [2.45, 2.75) is 13.0 Å². The predicted octanol–water partition coefficient (Wildman–Crippen LogP) is 1.34. The van der Waals surface area contributed by atoms with Crippen LogP contribution in [-0.4, -0.2) is 9.78 Å². The fourth-order valence-electron chi connectivity index (χ4n) is 1.70. The lowest BCUT2D eigenvalue weighted by Gasteiger charge is -2.16. The molecule has 1 unspecified atom stereocenters. The number of rotatable bonds is 3. The fraction of sp³-hybridized carbons (Fsp3) is 0.300. The van der Waals surface area contributed by atoms with E-state index in [9.17, 15) is 0 Å². The van der Waals surface area contributed by atoms with Gasteiger partial charge in [-0.3, -0.25) is 10.5 Å². The minimum absolute atomic E-state index is 0.0174. The normalized spacial score (nSPS) is 13.0. The number of nitrogens with zero attached hydrogens (tertiary/aromatic N) is 2. The maximum Gasteiger partial charge on any atom is 0.0888 e. The number of nitrogens with two attached hydrogens (primary N) is 1. The molecule has 1 atom stereocenters. The van der Waals surface area contributed by atoms with E-state index in [1.165, 1.54) is 10.4 Å². The summed E-state index contributed by atoms with van der Waals surface area (Å²) in [5, 5.41) is 6.22. The highest BCUT2D eigenvalue weighted by molar-refractivity contribution is 7.10. The van der Waals surface area contributed by atoms with Gasteiger partial charge in [0.1, 0.15) is 0 Å². The first-order valence-electron chi connectivity index (χ1n) is 4.72. The average molecular weight is 222 g/mol. The van der Waals surface area contributed by atoms with Crippen LogP contribution in [0.4, 0.5) is 0 Å². The Morgan fingerprint density at radius 2 is 2.33 bits per heavy atom. The average Bonchev–Trinajstić information content (AvgIpc) is 2.80. The maximum absolute atomic E-state index is 5.61. The molecule has 5 heteroatoms. The zero-order valence-electron chi connectivity index (χ0n) is 8.77. The minimum atomic E-state index is 0.0174. The summed E-state index contributed by atoms with van der Waals surface area (Å²) < 4.78 is 1.83. The van der Waals surface area contributed by atoms with Gasteiger partial charge in [0.05, 0.1) is 11.7 Å². The van der Waals surface area contributed by atoms with Crippen molar-refractivity contribution in [2.24, 2.45) is 12.9 Å². The molecule has 0 saturated heterocycles. The van der Waals surface area contributed by atoms with Crippen molar-refractivity contribution in [3.8, 4) is 0 Å². The van der Waals surface area contributed by atoms with Crippen LogP contribution >= 0.6 is 11.3 Å². The molecule has 2 aromatic rings. The van der Waals surface area contributed by atoms with Crippen LogP contribution in [0, 0.1) is 6.92 Å². The zero-order valence-corrected chi connectivity index (χ0v) is 9.58. The molecule has 2 aromatic heterocycles. The summed E-state index contributed by atoms with van der Waals surface area (Å²) in [5.74, 6) is 5.61. The van der Waals surface area contributed by atoms with Gasteiger partial charge < -0.3 is 0 Å². The van der Waals surface area contributed by atoms with Gasteiger partial charge in [-0.15, -0.1) is 11.3 Å². The molecule has 0 aliphatic rings. The van der Waals surface area contributed by atoms with Crippen molar-refractivity contribution in [3.05, 3.63) is 39.8 Å². The molecule has 0 fully saturated rings. The van der Waals surface area contributed by atoms with E-state index in [1.807, 2.05) is 17.8 Å². The summed E-state index contributed by atoms with van der Waals surface area (Å²) in [5.41, 5.74) is 5.12. The third-order valence-corrected chi connectivity index (χ3v) is 3.39. The van der Waals surface area contributed by atoms with E-state index in [0.717, 1.165) is 5.69 Å². The molecule has 2 heterocycles. The molecule has 4 nitrogen and oxygen atoms in total. The van der Waals surface area contributed by atoms with Gasteiger partial charge in [-0.05, 0) is 30.0 Å². The molecule has 0 aliphatic heterocycles. The van der Waals surface area contributed by atoms with E-state index in [2.05, 4.69) is 28.9 Å². The van der Waals surface area contributed by atoms with E-state index in [4.69, 9.17) is 5.84 Å². The van der Waals surface area contributed by atoms with Crippen molar-refractivity contribution in [2.75, 3.05) is 0 Å². The van der Waals surface area contributed by atoms with Crippen LogP contribution in [0.5, 0.6) is 0 Å². The number of nitrogens with one attached hydrogen (secondary N) is 1. The number of aryl methyl sites for hydroxylation is 2. The molecule has 80 valence electrons. The molecular weight excluding hydrogens is 208 g/mol. The molecule has 15 heavy (non-hydrogen) atoms. The van der Waals surface area contributed by atoms with Gasteiger partial charge in [0.25, 0.3) is 0 Å². The zero-order chi connectivity index (χ0) is 10.8. The highest BCUT2D eigenvalue weighted by atomic mass is 32.1. The monoisotopic (exact) mass is 222 g/mol. The van der Waals surface area contributed by atoms with E-state index < -0.39 is 0 Å². The highest BCUT2D eigenvalue weighted by Gasteiger charge is 2.17. The van der Waals surface area contributed by atoms with E-state index in [1.54, 1.807) is 17.5 Å². The summed E-state index contributed by atoms with van der Waals surface area (Å²) in [7, 11) is 1.92. The van der Waals surface area contributed by atoms with Crippen LogP contribution in [0.25, 0.3) is 0 Å².